The molecule has 0 unspecified atom stereocenters. The molecule has 30 heavy (non-hydrogen) atoms. The highest BCUT2D eigenvalue weighted by Gasteiger charge is 2.34. The number of urea groups is 1. The Morgan fingerprint density at radius 2 is 1.73 bits per heavy atom. The van der Waals surface area contributed by atoms with E-state index in [1.54, 1.807) is 0 Å². The number of rotatable bonds is 8. The molecule has 0 radical (unpaired) electrons. The Labute approximate surface area is 180 Å². The lowest BCUT2D eigenvalue weighted by atomic mass is 9.98. The van der Waals surface area contributed by atoms with Crippen LogP contribution in [0.5, 0.6) is 0 Å². The maximum absolute atomic E-state index is 12.9. The van der Waals surface area contributed by atoms with Crippen LogP contribution >= 0.6 is 0 Å². The minimum atomic E-state index is 0.0522. The molecule has 0 aliphatic carbocycles. The summed E-state index contributed by atoms with van der Waals surface area (Å²) < 4.78 is 5.50. The SMILES string of the molecule is CCCNC(=O)N(C1CCOCC1)C1CCN(C(=O)CCCc2ccccc2)CC1. The number of aryl methyl sites for hydroxylation is 1. The van der Waals surface area contributed by atoms with Crippen molar-refractivity contribution in [2.75, 3.05) is 32.8 Å². The lowest BCUT2D eigenvalue weighted by molar-refractivity contribution is -0.132. The fraction of sp³-hybridized carbons (Fsp3) is 0.667. The summed E-state index contributed by atoms with van der Waals surface area (Å²) >= 11 is 0. The van der Waals surface area contributed by atoms with E-state index >= 15 is 0 Å². The number of hydrogen-bond donors (Lipinski definition) is 1. The van der Waals surface area contributed by atoms with Crippen LogP contribution in [0.25, 0.3) is 0 Å². The third kappa shape index (κ3) is 6.46. The first-order valence-electron chi connectivity index (χ1n) is 11.6. The Balaban J connectivity index is 1.48. The highest BCUT2D eigenvalue weighted by Crippen LogP contribution is 2.24. The predicted octanol–water partition coefficient (Wildman–Crippen LogP) is 3.60. The standard InChI is InChI=1S/C24H37N3O3/c1-2-15-25-24(29)27(22-13-18-30-19-14-22)21-11-16-26(17-12-21)23(28)10-6-9-20-7-4-3-5-8-20/h3-5,7-8,21-22H,2,6,9-19H2,1H3,(H,25,29). The number of amides is 3. The number of benzene rings is 1. The van der Waals surface area contributed by atoms with Gasteiger partial charge in [-0.3, -0.25) is 4.79 Å². The fourth-order valence-electron chi connectivity index (χ4n) is 4.56. The van der Waals surface area contributed by atoms with Gasteiger partial charge in [-0.25, -0.2) is 4.79 Å². The molecule has 2 saturated heterocycles. The van der Waals surface area contributed by atoms with Crippen molar-refractivity contribution in [2.45, 2.75) is 70.4 Å². The minimum Gasteiger partial charge on any atom is -0.381 e. The van der Waals surface area contributed by atoms with Gasteiger partial charge in [0, 0.05) is 51.4 Å². The molecule has 2 heterocycles. The number of carbonyl (C=O) groups is 2. The van der Waals surface area contributed by atoms with Crippen LogP contribution in [-0.4, -0.2) is 66.7 Å². The molecule has 1 aromatic carbocycles. The third-order valence-electron chi connectivity index (χ3n) is 6.25. The summed E-state index contributed by atoms with van der Waals surface area (Å²) in [5.41, 5.74) is 1.29. The Morgan fingerprint density at radius 1 is 1.07 bits per heavy atom. The number of piperidine rings is 1. The van der Waals surface area contributed by atoms with Gasteiger partial charge in [-0.2, -0.15) is 0 Å². The molecule has 6 nitrogen and oxygen atoms in total. The highest BCUT2D eigenvalue weighted by molar-refractivity contribution is 5.77. The molecule has 1 N–H and O–H groups in total. The van der Waals surface area contributed by atoms with Crippen molar-refractivity contribution in [3.8, 4) is 0 Å². The molecular weight excluding hydrogens is 378 g/mol. The van der Waals surface area contributed by atoms with E-state index in [4.69, 9.17) is 4.74 Å². The van der Waals surface area contributed by atoms with Crippen LogP contribution in [0.2, 0.25) is 0 Å². The van der Waals surface area contributed by atoms with Crippen LogP contribution in [0.15, 0.2) is 30.3 Å². The number of likely N-dealkylation sites (tertiary alicyclic amines) is 1. The average Bonchev–Trinajstić information content (AvgIpc) is 2.79. The summed E-state index contributed by atoms with van der Waals surface area (Å²) in [5.74, 6) is 0.248. The zero-order valence-corrected chi connectivity index (χ0v) is 18.4. The van der Waals surface area contributed by atoms with Gasteiger partial charge in [0.05, 0.1) is 0 Å². The van der Waals surface area contributed by atoms with Crippen molar-refractivity contribution in [2.24, 2.45) is 0 Å². The second-order valence-electron chi connectivity index (χ2n) is 8.43. The molecule has 3 rings (SSSR count). The Hall–Kier alpha value is -2.08. The van der Waals surface area contributed by atoms with E-state index in [2.05, 4.69) is 29.3 Å². The lowest BCUT2D eigenvalue weighted by Crippen LogP contribution is -2.56. The van der Waals surface area contributed by atoms with Crippen LogP contribution in [0, 0.1) is 0 Å². The summed E-state index contributed by atoms with van der Waals surface area (Å²) in [6.45, 7) is 5.71. The number of nitrogens with zero attached hydrogens (tertiary/aromatic N) is 2. The van der Waals surface area contributed by atoms with Gasteiger partial charge in [-0.05, 0) is 50.5 Å². The normalized spacial score (nSPS) is 18.2. The van der Waals surface area contributed by atoms with E-state index < -0.39 is 0 Å². The first kappa shape index (κ1) is 22.6. The Kier molecular flexibility index (Phi) is 9.00. The van der Waals surface area contributed by atoms with E-state index in [1.807, 2.05) is 23.1 Å². The van der Waals surface area contributed by atoms with Gasteiger partial charge in [-0.1, -0.05) is 37.3 Å². The van der Waals surface area contributed by atoms with Crippen molar-refractivity contribution in [1.82, 2.24) is 15.1 Å². The van der Waals surface area contributed by atoms with Gasteiger partial charge in [0.25, 0.3) is 0 Å². The third-order valence-corrected chi connectivity index (χ3v) is 6.25. The summed E-state index contributed by atoms with van der Waals surface area (Å²) in [4.78, 5) is 29.6. The summed E-state index contributed by atoms with van der Waals surface area (Å²) in [6.07, 6.45) is 6.89. The lowest BCUT2D eigenvalue weighted by Gasteiger charge is -2.43. The smallest absolute Gasteiger partial charge is 0.317 e. The zero-order chi connectivity index (χ0) is 21.2. The van der Waals surface area contributed by atoms with Crippen molar-refractivity contribution in [3.05, 3.63) is 35.9 Å². The van der Waals surface area contributed by atoms with Crippen molar-refractivity contribution < 1.29 is 14.3 Å². The molecule has 3 amide bonds. The number of carbonyl (C=O) groups excluding carboxylic acids is 2. The number of ether oxygens (including phenoxy) is 1. The van der Waals surface area contributed by atoms with Gasteiger partial charge in [-0.15, -0.1) is 0 Å². The van der Waals surface area contributed by atoms with Gasteiger partial charge in [0.15, 0.2) is 0 Å². The van der Waals surface area contributed by atoms with E-state index in [1.165, 1.54) is 5.56 Å². The molecule has 0 spiro atoms. The van der Waals surface area contributed by atoms with Crippen LogP contribution in [0.4, 0.5) is 4.79 Å². The average molecular weight is 416 g/mol. The van der Waals surface area contributed by atoms with Crippen molar-refractivity contribution in [3.63, 3.8) is 0 Å². The summed E-state index contributed by atoms with van der Waals surface area (Å²) in [6, 6.07) is 10.8. The second-order valence-corrected chi connectivity index (χ2v) is 8.43. The molecule has 166 valence electrons. The van der Waals surface area contributed by atoms with Gasteiger partial charge in [0.1, 0.15) is 0 Å². The van der Waals surface area contributed by atoms with Gasteiger partial charge < -0.3 is 19.9 Å². The summed E-state index contributed by atoms with van der Waals surface area (Å²) in [5, 5.41) is 3.07. The topological polar surface area (TPSA) is 61.9 Å². The Morgan fingerprint density at radius 3 is 2.40 bits per heavy atom. The van der Waals surface area contributed by atoms with Crippen LogP contribution in [0.1, 0.15) is 57.4 Å². The minimum absolute atomic E-state index is 0.0522. The Bertz CT molecular complexity index is 653. The molecule has 6 heteroatoms. The van der Waals surface area contributed by atoms with Crippen LogP contribution in [0.3, 0.4) is 0 Å². The molecular formula is C24H37N3O3. The maximum atomic E-state index is 12.9. The van der Waals surface area contributed by atoms with E-state index in [-0.39, 0.29) is 24.0 Å². The molecule has 2 aliphatic rings. The predicted molar refractivity (Wildman–Crippen MR) is 118 cm³/mol. The zero-order valence-electron chi connectivity index (χ0n) is 18.4. The van der Waals surface area contributed by atoms with E-state index in [0.717, 1.165) is 71.2 Å². The number of hydrogen-bond acceptors (Lipinski definition) is 3. The van der Waals surface area contributed by atoms with Crippen molar-refractivity contribution in [1.29, 1.82) is 0 Å². The van der Waals surface area contributed by atoms with Crippen LogP contribution < -0.4 is 5.32 Å². The largest absolute Gasteiger partial charge is 0.381 e. The first-order chi connectivity index (χ1) is 14.7. The molecule has 2 fully saturated rings. The molecule has 0 atom stereocenters. The molecule has 2 aliphatic heterocycles. The quantitative estimate of drug-likeness (QED) is 0.706. The van der Waals surface area contributed by atoms with Crippen molar-refractivity contribution >= 4 is 11.9 Å². The maximum Gasteiger partial charge on any atom is 0.317 e. The monoisotopic (exact) mass is 415 g/mol. The van der Waals surface area contributed by atoms with Gasteiger partial charge in [0.2, 0.25) is 5.91 Å². The molecule has 0 aromatic heterocycles. The highest BCUT2D eigenvalue weighted by atomic mass is 16.5. The van der Waals surface area contributed by atoms with Gasteiger partial charge >= 0.3 is 6.03 Å². The molecule has 0 bridgehead atoms. The second kappa shape index (κ2) is 11.9. The molecule has 0 saturated carbocycles. The fourth-order valence-corrected chi connectivity index (χ4v) is 4.56. The molecule has 1 aromatic rings. The first-order valence-corrected chi connectivity index (χ1v) is 11.6. The summed E-state index contributed by atoms with van der Waals surface area (Å²) in [7, 11) is 0. The van der Waals surface area contributed by atoms with E-state index in [0.29, 0.717) is 13.0 Å². The van der Waals surface area contributed by atoms with Crippen LogP contribution in [-0.2, 0) is 16.0 Å². The van der Waals surface area contributed by atoms with E-state index in [9.17, 15) is 9.59 Å². The number of nitrogens with one attached hydrogen (secondary N) is 1.